The maximum atomic E-state index is 13.2. The van der Waals surface area contributed by atoms with Crippen LogP contribution < -0.4 is 14.4 Å². The number of piperazine rings is 1. The molecule has 1 aliphatic rings. The molecule has 0 unspecified atom stereocenters. The van der Waals surface area contributed by atoms with Gasteiger partial charge in [-0.25, -0.2) is 8.42 Å². The van der Waals surface area contributed by atoms with Crippen molar-refractivity contribution in [2.24, 2.45) is 0 Å². The van der Waals surface area contributed by atoms with Gasteiger partial charge in [-0.3, -0.25) is 4.79 Å². The van der Waals surface area contributed by atoms with Crippen LogP contribution in [0.3, 0.4) is 0 Å². The molecule has 0 radical (unpaired) electrons. The summed E-state index contributed by atoms with van der Waals surface area (Å²) in [4.78, 5) is 16.8. The average molecular weight is 487 g/mol. The molecule has 33 heavy (non-hydrogen) atoms. The van der Waals surface area contributed by atoms with Gasteiger partial charge in [0.15, 0.2) is 9.84 Å². The molecule has 0 bridgehead atoms. The van der Waals surface area contributed by atoms with Crippen molar-refractivity contribution in [3.8, 4) is 11.5 Å². The second-order valence-corrected chi connectivity index (χ2v) is 9.93. The number of hydrogen-bond acceptors (Lipinski definition) is 6. The van der Waals surface area contributed by atoms with Crippen LogP contribution in [0, 0.1) is 0 Å². The first kappa shape index (κ1) is 24.7. The third-order valence-corrected chi connectivity index (χ3v) is 6.08. The standard InChI is InChI=1S/C22H25F3N2O5S/c1-15(2)31-20-9-8-18(33(3,29)30)14-19(20)21(28)27-12-10-26(11-13-27)16-4-6-17(7-5-16)32-22(23,24)25/h4-9,14-15H,10-13H2,1-3H3. The summed E-state index contributed by atoms with van der Waals surface area (Å²) in [5, 5.41) is 0. The van der Waals surface area contributed by atoms with Gasteiger partial charge in [0.05, 0.1) is 16.6 Å². The van der Waals surface area contributed by atoms with Gasteiger partial charge in [-0.15, -0.1) is 13.2 Å². The minimum atomic E-state index is -4.75. The van der Waals surface area contributed by atoms with Gasteiger partial charge in [-0.1, -0.05) is 0 Å². The molecule has 0 aromatic heterocycles. The second kappa shape index (κ2) is 9.50. The van der Waals surface area contributed by atoms with E-state index in [0.717, 1.165) is 6.26 Å². The van der Waals surface area contributed by atoms with Crippen LogP contribution in [0.15, 0.2) is 47.4 Å². The van der Waals surface area contributed by atoms with Crippen LogP contribution in [0.1, 0.15) is 24.2 Å². The van der Waals surface area contributed by atoms with Gasteiger partial charge in [0.2, 0.25) is 0 Å². The van der Waals surface area contributed by atoms with Crippen molar-refractivity contribution in [3.05, 3.63) is 48.0 Å². The molecule has 1 amide bonds. The first-order valence-electron chi connectivity index (χ1n) is 10.2. The highest BCUT2D eigenvalue weighted by Crippen LogP contribution is 2.28. The Morgan fingerprint density at radius 3 is 2.12 bits per heavy atom. The third kappa shape index (κ3) is 6.53. The lowest BCUT2D eigenvalue weighted by Gasteiger charge is -2.36. The van der Waals surface area contributed by atoms with E-state index in [1.54, 1.807) is 4.90 Å². The molecule has 0 saturated carbocycles. The predicted molar refractivity (Wildman–Crippen MR) is 117 cm³/mol. The summed E-state index contributed by atoms with van der Waals surface area (Å²) < 4.78 is 70.5. The van der Waals surface area contributed by atoms with Gasteiger partial charge >= 0.3 is 6.36 Å². The number of alkyl halides is 3. The summed E-state index contributed by atoms with van der Waals surface area (Å²) in [7, 11) is -3.51. The molecule has 2 aromatic carbocycles. The van der Waals surface area contributed by atoms with Crippen LogP contribution >= 0.6 is 0 Å². The number of carbonyl (C=O) groups is 1. The first-order chi connectivity index (χ1) is 15.3. The highest BCUT2D eigenvalue weighted by atomic mass is 32.2. The molecule has 0 N–H and O–H groups in total. The van der Waals surface area contributed by atoms with Crippen molar-refractivity contribution >= 4 is 21.4 Å². The second-order valence-electron chi connectivity index (χ2n) is 7.92. The monoisotopic (exact) mass is 486 g/mol. The molecule has 0 aliphatic carbocycles. The van der Waals surface area contributed by atoms with Crippen LogP contribution in [-0.2, 0) is 9.84 Å². The van der Waals surface area contributed by atoms with E-state index >= 15 is 0 Å². The molecule has 1 saturated heterocycles. The van der Waals surface area contributed by atoms with E-state index in [4.69, 9.17) is 4.74 Å². The zero-order chi connectivity index (χ0) is 24.4. The maximum absolute atomic E-state index is 13.2. The van der Waals surface area contributed by atoms with E-state index in [2.05, 4.69) is 4.74 Å². The van der Waals surface area contributed by atoms with Crippen molar-refractivity contribution in [2.45, 2.75) is 31.2 Å². The summed E-state index contributed by atoms with van der Waals surface area (Å²) in [6.45, 7) is 5.23. The Morgan fingerprint density at radius 2 is 1.61 bits per heavy atom. The molecule has 1 fully saturated rings. The Labute approximate surface area is 190 Å². The minimum Gasteiger partial charge on any atom is -0.490 e. The number of sulfone groups is 1. The maximum Gasteiger partial charge on any atom is 0.573 e. The van der Waals surface area contributed by atoms with E-state index < -0.39 is 16.2 Å². The van der Waals surface area contributed by atoms with Crippen molar-refractivity contribution in [2.75, 3.05) is 37.3 Å². The molecule has 180 valence electrons. The van der Waals surface area contributed by atoms with Gasteiger partial charge in [0.1, 0.15) is 11.5 Å². The molecule has 1 aliphatic heterocycles. The van der Waals surface area contributed by atoms with Crippen LogP contribution in [0.4, 0.5) is 18.9 Å². The summed E-state index contributed by atoms with van der Waals surface area (Å²) in [6.07, 6.45) is -3.88. The normalized spacial score (nSPS) is 15.0. The fourth-order valence-corrected chi connectivity index (χ4v) is 4.11. The van der Waals surface area contributed by atoms with E-state index in [1.807, 2.05) is 18.7 Å². The average Bonchev–Trinajstić information content (AvgIpc) is 2.72. The van der Waals surface area contributed by atoms with Crippen molar-refractivity contribution in [3.63, 3.8) is 0 Å². The van der Waals surface area contributed by atoms with E-state index in [9.17, 15) is 26.4 Å². The highest BCUT2D eigenvalue weighted by Gasteiger charge is 2.31. The zero-order valence-electron chi connectivity index (χ0n) is 18.4. The molecule has 2 aromatic rings. The Bertz CT molecular complexity index is 1090. The van der Waals surface area contributed by atoms with E-state index in [1.165, 1.54) is 42.5 Å². The quantitative estimate of drug-likeness (QED) is 0.619. The molecule has 0 atom stereocenters. The first-order valence-corrected chi connectivity index (χ1v) is 12.1. The molecule has 0 spiro atoms. The van der Waals surface area contributed by atoms with E-state index in [0.29, 0.717) is 37.6 Å². The van der Waals surface area contributed by atoms with Crippen LogP contribution in [0.2, 0.25) is 0 Å². The van der Waals surface area contributed by atoms with Crippen LogP contribution in [-0.4, -0.2) is 64.1 Å². The SMILES string of the molecule is CC(C)Oc1ccc(S(C)(=O)=O)cc1C(=O)N1CCN(c2ccc(OC(F)(F)F)cc2)CC1. The molecule has 3 rings (SSSR count). The molecule has 11 heteroatoms. The summed E-state index contributed by atoms with van der Waals surface area (Å²) in [6, 6.07) is 9.78. The summed E-state index contributed by atoms with van der Waals surface area (Å²) in [5.41, 5.74) is 0.883. The minimum absolute atomic E-state index is 0.0294. The number of rotatable bonds is 6. The van der Waals surface area contributed by atoms with Gasteiger partial charge < -0.3 is 19.3 Å². The van der Waals surface area contributed by atoms with Crippen molar-refractivity contribution in [1.82, 2.24) is 4.90 Å². The Morgan fingerprint density at radius 1 is 1.00 bits per heavy atom. The number of carbonyl (C=O) groups excluding carboxylic acids is 1. The molecular formula is C22H25F3N2O5S. The van der Waals surface area contributed by atoms with Crippen LogP contribution in [0.25, 0.3) is 0 Å². The summed E-state index contributed by atoms with van der Waals surface area (Å²) >= 11 is 0. The van der Waals surface area contributed by atoms with Crippen molar-refractivity contribution in [1.29, 1.82) is 0 Å². The molecule has 7 nitrogen and oxygen atoms in total. The Balaban J connectivity index is 1.72. The number of benzene rings is 2. The largest absolute Gasteiger partial charge is 0.573 e. The number of anilines is 1. The molecular weight excluding hydrogens is 461 g/mol. The highest BCUT2D eigenvalue weighted by molar-refractivity contribution is 7.90. The zero-order valence-corrected chi connectivity index (χ0v) is 19.2. The van der Waals surface area contributed by atoms with Gasteiger partial charge in [-0.05, 0) is 56.3 Å². The lowest BCUT2D eigenvalue weighted by molar-refractivity contribution is -0.274. The topological polar surface area (TPSA) is 76.2 Å². The fraction of sp³-hybridized carbons (Fsp3) is 0.409. The predicted octanol–water partition coefficient (Wildman–Crippen LogP) is 3.74. The third-order valence-electron chi connectivity index (χ3n) is 4.97. The van der Waals surface area contributed by atoms with Crippen LogP contribution in [0.5, 0.6) is 11.5 Å². The fourth-order valence-electron chi connectivity index (χ4n) is 3.46. The lowest BCUT2D eigenvalue weighted by atomic mass is 10.1. The number of halogens is 3. The lowest BCUT2D eigenvalue weighted by Crippen LogP contribution is -2.48. The number of ether oxygens (including phenoxy) is 2. The van der Waals surface area contributed by atoms with Crippen molar-refractivity contribution < 1.29 is 35.9 Å². The smallest absolute Gasteiger partial charge is 0.490 e. The number of nitrogens with zero attached hydrogens (tertiary/aromatic N) is 2. The van der Waals surface area contributed by atoms with E-state index in [-0.39, 0.29) is 28.2 Å². The number of amides is 1. The number of hydrogen-bond donors (Lipinski definition) is 0. The Kier molecular flexibility index (Phi) is 7.11. The van der Waals surface area contributed by atoms with Gasteiger partial charge in [0.25, 0.3) is 5.91 Å². The molecule has 1 heterocycles. The Hall–Kier alpha value is -2.95. The van der Waals surface area contributed by atoms with Gasteiger partial charge in [-0.2, -0.15) is 0 Å². The summed E-state index contributed by atoms with van der Waals surface area (Å²) in [5.74, 6) is -0.335. The van der Waals surface area contributed by atoms with Gasteiger partial charge in [0, 0.05) is 38.1 Å².